The average molecular weight is 520 g/mol. The largest absolute Gasteiger partial charge is 0.337 e. The molecule has 0 spiro atoms. The first-order valence-corrected chi connectivity index (χ1v) is 13.6. The molecule has 1 aliphatic rings. The van der Waals surface area contributed by atoms with E-state index in [1.165, 1.54) is 16.7 Å². The van der Waals surface area contributed by atoms with Crippen LogP contribution in [0, 0.1) is 12.8 Å². The van der Waals surface area contributed by atoms with Crippen molar-refractivity contribution in [3.63, 3.8) is 0 Å². The van der Waals surface area contributed by atoms with Gasteiger partial charge < -0.3 is 15.2 Å². The predicted molar refractivity (Wildman–Crippen MR) is 153 cm³/mol. The van der Waals surface area contributed by atoms with Crippen molar-refractivity contribution in [1.29, 1.82) is 0 Å². The third kappa shape index (κ3) is 5.07. The molecular weight excluding hydrogens is 486 g/mol. The Kier molecular flexibility index (Phi) is 6.94. The molecule has 39 heavy (non-hydrogen) atoms. The number of nitrogens with one attached hydrogen (secondary N) is 3. The summed E-state index contributed by atoms with van der Waals surface area (Å²) < 4.78 is 0. The number of carbonyl (C=O) groups is 1. The number of hydrogen-bond donors (Lipinski definition) is 3. The van der Waals surface area contributed by atoms with E-state index >= 15 is 0 Å². The minimum atomic E-state index is -0.0101. The van der Waals surface area contributed by atoms with Gasteiger partial charge in [-0.15, -0.1) is 0 Å². The van der Waals surface area contributed by atoms with Gasteiger partial charge in [0.1, 0.15) is 11.4 Å². The number of fused-ring (bicyclic) bond motifs is 1. The van der Waals surface area contributed by atoms with Gasteiger partial charge in [0, 0.05) is 43.0 Å². The number of hydrogen-bond acceptors (Lipinski definition) is 5. The molecule has 0 saturated carbocycles. The Bertz CT molecular complexity index is 1600. The molecule has 1 amide bonds. The molecular formula is C31H33N7O. The van der Waals surface area contributed by atoms with Crippen LogP contribution in [0.5, 0.6) is 0 Å². The van der Waals surface area contributed by atoms with Crippen LogP contribution in [0.15, 0.2) is 67.1 Å². The molecule has 0 radical (unpaired) electrons. The molecule has 1 saturated heterocycles. The number of amides is 1. The highest BCUT2D eigenvalue weighted by atomic mass is 16.2. The lowest BCUT2D eigenvalue weighted by atomic mass is 9.98. The number of H-pyrrole nitrogens is 2. The van der Waals surface area contributed by atoms with Gasteiger partial charge in [-0.2, -0.15) is 5.10 Å². The van der Waals surface area contributed by atoms with E-state index in [1.807, 2.05) is 29.4 Å². The number of carbonyl (C=O) groups excluding carboxylic acids is 1. The summed E-state index contributed by atoms with van der Waals surface area (Å²) in [6, 6.07) is 16.7. The molecule has 6 rings (SSSR count). The maximum Gasteiger partial charge on any atom is 0.271 e. The molecule has 1 fully saturated rings. The summed E-state index contributed by atoms with van der Waals surface area (Å²) in [5.41, 5.74) is 7.97. The number of aromatic amines is 2. The van der Waals surface area contributed by atoms with Gasteiger partial charge in [-0.3, -0.25) is 14.9 Å². The Morgan fingerprint density at radius 1 is 1.13 bits per heavy atom. The molecule has 8 heteroatoms. The van der Waals surface area contributed by atoms with Gasteiger partial charge in [0.05, 0.1) is 11.7 Å². The van der Waals surface area contributed by atoms with E-state index in [-0.39, 0.29) is 5.91 Å². The topological polar surface area (TPSA) is 103 Å². The maximum atomic E-state index is 13.3. The lowest BCUT2D eigenvalue weighted by Crippen LogP contribution is -2.29. The van der Waals surface area contributed by atoms with Crippen molar-refractivity contribution >= 4 is 16.8 Å². The minimum absolute atomic E-state index is 0.0101. The smallest absolute Gasteiger partial charge is 0.271 e. The van der Waals surface area contributed by atoms with E-state index < -0.39 is 0 Å². The monoisotopic (exact) mass is 519 g/mol. The lowest BCUT2D eigenvalue weighted by molar-refractivity contribution is 0.0782. The summed E-state index contributed by atoms with van der Waals surface area (Å²) in [5, 5.41) is 12.0. The molecule has 2 aromatic carbocycles. The molecule has 8 nitrogen and oxygen atoms in total. The number of nitrogens with zero attached hydrogens (tertiary/aromatic N) is 4. The van der Waals surface area contributed by atoms with Crippen molar-refractivity contribution in [3.05, 3.63) is 89.5 Å². The van der Waals surface area contributed by atoms with Crippen LogP contribution >= 0.6 is 0 Å². The predicted octanol–water partition coefficient (Wildman–Crippen LogP) is 5.14. The van der Waals surface area contributed by atoms with Gasteiger partial charge in [0.2, 0.25) is 0 Å². The first-order chi connectivity index (χ1) is 19.1. The Balaban J connectivity index is 1.22. The van der Waals surface area contributed by atoms with E-state index in [1.54, 1.807) is 6.20 Å². The van der Waals surface area contributed by atoms with E-state index in [4.69, 9.17) is 0 Å². The van der Waals surface area contributed by atoms with Crippen molar-refractivity contribution in [1.82, 2.24) is 35.4 Å². The fourth-order valence-corrected chi connectivity index (χ4v) is 5.51. The fourth-order valence-electron chi connectivity index (χ4n) is 5.51. The highest BCUT2D eigenvalue weighted by Gasteiger charge is 2.28. The van der Waals surface area contributed by atoms with E-state index in [0.29, 0.717) is 23.1 Å². The third-order valence-corrected chi connectivity index (χ3v) is 7.73. The van der Waals surface area contributed by atoms with Gasteiger partial charge in [0.25, 0.3) is 5.91 Å². The number of aromatic nitrogens is 5. The van der Waals surface area contributed by atoms with Crippen LogP contribution in [0.4, 0.5) is 0 Å². The Labute approximate surface area is 227 Å². The SMILES string of the molecule is CCNCc1cncc(-c2ccc3[nH]nc(-c4ncc(C(=O)N5CCC(Cc6ccccc6)C5)[nH]4)c3c2)c1C. The van der Waals surface area contributed by atoms with E-state index in [0.717, 1.165) is 61.1 Å². The second-order valence-corrected chi connectivity index (χ2v) is 10.3. The average Bonchev–Trinajstić information content (AvgIpc) is 3.72. The first kappa shape index (κ1) is 25.0. The van der Waals surface area contributed by atoms with Crippen LogP contribution in [0.25, 0.3) is 33.5 Å². The van der Waals surface area contributed by atoms with Gasteiger partial charge in [0.15, 0.2) is 5.82 Å². The Morgan fingerprint density at radius 3 is 2.85 bits per heavy atom. The maximum absolute atomic E-state index is 13.3. The summed E-state index contributed by atoms with van der Waals surface area (Å²) in [6.45, 7) is 7.46. The number of likely N-dealkylation sites (tertiary alicyclic amines) is 1. The van der Waals surface area contributed by atoms with Gasteiger partial charge >= 0.3 is 0 Å². The summed E-state index contributed by atoms with van der Waals surface area (Å²) in [4.78, 5) is 27.5. The third-order valence-electron chi connectivity index (χ3n) is 7.73. The van der Waals surface area contributed by atoms with Crippen LogP contribution in [-0.4, -0.2) is 55.6 Å². The molecule has 0 bridgehead atoms. The molecule has 0 aliphatic carbocycles. The lowest BCUT2D eigenvalue weighted by Gasteiger charge is -2.15. The minimum Gasteiger partial charge on any atom is -0.337 e. The van der Waals surface area contributed by atoms with Gasteiger partial charge in [-0.1, -0.05) is 43.3 Å². The van der Waals surface area contributed by atoms with Crippen LogP contribution in [0.3, 0.4) is 0 Å². The second kappa shape index (κ2) is 10.8. The zero-order valence-electron chi connectivity index (χ0n) is 22.4. The summed E-state index contributed by atoms with van der Waals surface area (Å²) in [7, 11) is 0. The highest BCUT2D eigenvalue weighted by molar-refractivity contribution is 5.96. The fraction of sp³-hybridized carbons (Fsp3) is 0.290. The molecule has 1 unspecified atom stereocenters. The zero-order chi connectivity index (χ0) is 26.8. The Hall–Kier alpha value is -4.30. The zero-order valence-corrected chi connectivity index (χ0v) is 22.4. The van der Waals surface area contributed by atoms with E-state index in [9.17, 15) is 4.79 Å². The number of imidazole rings is 1. The normalized spacial score (nSPS) is 15.3. The standard InChI is InChI=1S/C31H33N7O/c1-3-32-15-24-16-33-17-26(20(24)2)23-9-10-27-25(14-23)29(37-36-27)30-34-18-28(35-30)31(39)38-12-11-22(19-38)13-21-7-5-4-6-8-21/h4-10,14,16-18,22,32H,3,11-13,15,19H2,1-2H3,(H,34,35)(H,36,37). The summed E-state index contributed by atoms with van der Waals surface area (Å²) in [6.07, 6.45) is 7.47. The van der Waals surface area contributed by atoms with Crippen molar-refractivity contribution in [2.75, 3.05) is 19.6 Å². The molecule has 4 heterocycles. The van der Waals surface area contributed by atoms with Crippen molar-refractivity contribution in [2.45, 2.75) is 33.2 Å². The molecule has 5 aromatic rings. The second-order valence-electron chi connectivity index (χ2n) is 10.3. The molecule has 3 N–H and O–H groups in total. The summed E-state index contributed by atoms with van der Waals surface area (Å²) in [5.74, 6) is 1.04. The van der Waals surface area contributed by atoms with Gasteiger partial charge in [-0.05, 0) is 66.6 Å². The molecule has 3 aromatic heterocycles. The number of rotatable bonds is 8. The summed E-state index contributed by atoms with van der Waals surface area (Å²) >= 11 is 0. The first-order valence-electron chi connectivity index (χ1n) is 13.6. The van der Waals surface area contributed by atoms with Crippen LogP contribution < -0.4 is 5.32 Å². The van der Waals surface area contributed by atoms with Gasteiger partial charge in [-0.25, -0.2) is 4.98 Å². The molecule has 1 atom stereocenters. The van der Waals surface area contributed by atoms with Crippen LogP contribution in [0.1, 0.15) is 40.5 Å². The Morgan fingerprint density at radius 2 is 2.00 bits per heavy atom. The van der Waals surface area contributed by atoms with Crippen molar-refractivity contribution in [2.24, 2.45) is 5.92 Å². The quantitative estimate of drug-likeness (QED) is 0.264. The van der Waals surface area contributed by atoms with E-state index in [2.05, 4.69) is 80.7 Å². The highest BCUT2D eigenvalue weighted by Crippen LogP contribution is 2.31. The molecule has 198 valence electrons. The van der Waals surface area contributed by atoms with Crippen LogP contribution in [0.2, 0.25) is 0 Å². The van der Waals surface area contributed by atoms with Crippen molar-refractivity contribution < 1.29 is 4.79 Å². The van der Waals surface area contributed by atoms with Crippen LogP contribution in [-0.2, 0) is 13.0 Å². The number of pyridine rings is 1. The molecule has 1 aliphatic heterocycles. The number of benzene rings is 2. The van der Waals surface area contributed by atoms with Crippen molar-refractivity contribution in [3.8, 4) is 22.6 Å².